The van der Waals surface area contributed by atoms with Gasteiger partial charge in [0.2, 0.25) is 0 Å². The Morgan fingerprint density at radius 3 is 2.86 bits per heavy atom. The monoisotopic (exact) mass is 303 g/mol. The van der Waals surface area contributed by atoms with E-state index >= 15 is 0 Å². The van der Waals surface area contributed by atoms with Crippen molar-refractivity contribution in [2.75, 3.05) is 0 Å². The lowest BCUT2D eigenvalue weighted by Crippen LogP contribution is -2.32. The number of benzene rings is 1. The second-order valence-electron chi connectivity index (χ2n) is 6.66. The van der Waals surface area contributed by atoms with E-state index in [1.54, 1.807) is 0 Å². The van der Waals surface area contributed by atoms with Gasteiger partial charge in [0.15, 0.2) is 0 Å². The first-order valence-electron chi connectivity index (χ1n) is 8.17. The molecule has 1 saturated carbocycles. The van der Waals surface area contributed by atoms with Crippen LogP contribution < -0.4 is 0 Å². The van der Waals surface area contributed by atoms with Crippen molar-refractivity contribution in [1.82, 2.24) is 4.57 Å². The molecular formula is C18H22ClNO. The molecule has 1 saturated heterocycles. The Kier molecular flexibility index (Phi) is 3.47. The van der Waals surface area contributed by atoms with Crippen molar-refractivity contribution in [2.45, 2.75) is 63.2 Å². The van der Waals surface area contributed by atoms with Gasteiger partial charge in [-0.25, -0.2) is 0 Å². The molecular weight excluding hydrogens is 282 g/mol. The highest BCUT2D eigenvalue weighted by atomic mass is 35.5. The zero-order valence-electron chi connectivity index (χ0n) is 12.4. The molecule has 1 spiro atoms. The molecule has 21 heavy (non-hydrogen) atoms. The first-order valence-corrected chi connectivity index (χ1v) is 8.55. The predicted octanol–water partition coefficient (Wildman–Crippen LogP) is 5.18. The van der Waals surface area contributed by atoms with Crippen LogP contribution in [0.15, 0.2) is 30.5 Å². The van der Waals surface area contributed by atoms with Crippen LogP contribution in [-0.4, -0.2) is 16.3 Å². The van der Waals surface area contributed by atoms with Gasteiger partial charge in [-0.15, -0.1) is 0 Å². The molecule has 1 aliphatic carbocycles. The molecule has 112 valence electrons. The fourth-order valence-corrected chi connectivity index (χ4v) is 4.38. The lowest BCUT2D eigenvalue weighted by molar-refractivity contribution is -0.0676. The van der Waals surface area contributed by atoms with Crippen LogP contribution in [0.4, 0.5) is 0 Å². The number of halogens is 1. The topological polar surface area (TPSA) is 14.2 Å². The minimum atomic E-state index is 0.212. The third-order valence-corrected chi connectivity index (χ3v) is 5.59. The molecule has 2 aliphatic rings. The summed E-state index contributed by atoms with van der Waals surface area (Å²) in [5.74, 6) is 0. The van der Waals surface area contributed by atoms with E-state index in [-0.39, 0.29) is 5.60 Å². The summed E-state index contributed by atoms with van der Waals surface area (Å²) in [5.41, 5.74) is 1.43. The Labute approximate surface area is 131 Å². The number of hydrogen-bond donors (Lipinski definition) is 0. The van der Waals surface area contributed by atoms with Crippen molar-refractivity contribution in [3.05, 3.63) is 35.5 Å². The second-order valence-corrected chi connectivity index (χ2v) is 7.07. The molecule has 4 rings (SSSR count). The third-order valence-electron chi connectivity index (χ3n) is 5.26. The summed E-state index contributed by atoms with van der Waals surface area (Å²) in [5, 5.41) is 1.98. The quantitative estimate of drug-likeness (QED) is 0.746. The van der Waals surface area contributed by atoms with Crippen LogP contribution >= 0.6 is 11.6 Å². The average molecular weight is 304 g/mol. The third kappa shape index (κ3) is 2.49. The minimum absolute atomic E-state index is 0.212. The lowest BCUT2D eigenvalue weighted by Gasteiger charge is -2.33. The van der Waals surface area contributed by atoms with E-state index in [1.165, 1.54) is 50.5 Å². The summed E-state index contributed by atoms with van der Waals surface area (Å²) in [6.45, 7) is 0.950. The van der Waals surface area contributed by atoms with Crippen molar-refractivity contribution in [2.24, 2.45) is 0 Å². The Bertz CT molecular complexity index is 642. The van der Waals surface area contributed by atoms with E-state index in [9.17, 15) is 0 Å². The molecule has 0 N–H and O–H groups in total. The molecule has 0 bridgehead atoms. The second kappa shape index (κ2) is 5.33. The summed E-state index contributed by atoms with van der Waals surface area (Å²) < 4.78 is 8.79. The van der Waals surface area contributed by atoms with Crippen molar-refractivity contribution >= 4 is 22.5 Å². The van der Waals surface area contributed by atoms with Crippen LogP contribution in [0.25, 0.3) is 10.9 Å². The maximum atomic E-state index is 6.49. The van der Waals surface area contributed by atoms with Crippen molar-refractivity contribution in [1.29, 1.82) is 0 Å². The van der Waals surface area contributed by atoms with Crippen LogP contribution in [0.3, 0.4) is 0 Å². The number of nitrogens with zero attached hydrogens (tertiary/aromatic N) is 1. The van der Waals surface area contributed by atoms with Crippen molar-refractivity contribution in [3.8, 4) is 0 Å². The average Bonchev–Trinajstić information content (AvgIpc) is 3.07. The van der Waals surface area contributed by atoms with Gasteiger partial charge in [-0.05, 0) is 43.9 Å². The molecule has 1 aromatic carbocycles. The fourth-order valence-electron chi connectivity index (χ4n) is 4.15. The largest absolute Gasteiger partial charge is 0.370 e. The summed E-state index contributed by atoms with van der Waals surface area (Å²) in [7, 11) is 0. The number of hydrogen-bond acceptors (Lipinski definition) is 1. The van der Waals surface area contributed by atoms with Crippen LogP contribution in [0.2, 0.25) is 5.02 Å². The van der Waals surface area contributed by atoms with Crippen LogP contribution in [0.5, 0.6) is 0 Å². The van der Waals surface area contributed by atoms with E-state index in [2.05, 4.69) is 22.9 Å². The number of ether oxygens (including phenoxy) is 1. The molecule has 0 amide bonds. The molecule has 2 heterocycles. The molecule has 1 unspecified atom stereocenters. The summed E-state index contributed by atoms with van der Waals surface area (Å²) in [6, 6.07) is 8.24. The van der Waals surface area contributed by atoms with Crippen molar-refractivity contribution < 1.29 is 4.74 Å². The number of fused-ring (bicyclic) bond motifs is 1. The van der Waals surface area contributed by atoms with Gasteiger partial charge in [-0.2, -0.15) is 0 Å². The van der Waals surface area contributed by atoms with E-state index in [1.807, 2.05) is 12.1 Å². The Hall–Kier alpha value is -0.990. The Morgan fingerprint density at radius 2 is 2.00 bits per heavy atom. The zero-order valence-corrected chi connectivity index (χ0v) is 13.1. The highest BCUT2D eigenvalue weighted by Crippen LogP contribution is 2.42. The van der Waals surface area contributed by atoms with E-state index in [0.29, 0.717) is 6.10 Å². The SMILES string of the molecule is Clc1cccc2c1ccn2CC1CCC2(CCCCC2)O1. The zero-order chi connectivity index (χ0) is 14.3. The standard InChI is InChI=1S/C18H22ClNO/c19-16-5-4-6-17-15(16)8-12-20(17)13-14-7-11-18(21-14)9-2-1-3-10-18/h4-6,8,12,14H,1-3,7,9-11,13H2. The smallest absolute Gasteiger partial charge is 0.0762 e. The molecule has 2 nitrogen and oxygen atoms in total. The highest BCUT2D eigenvalue weighted by molar-refractivity contribution is 6.35. The lowest BCUT2D eigenvalue weighted by atomic mass is 9.83. The molecule has 1 atom stereocenters. The first kappa shape index (κ1) is 13.7. The van der Waals surface area contributed by atoms with E-state index < -0.39 is 0 Å². The van der Waals surface area contributed by atoms with Gasteiger partial charge in [-0.1, -0.05) is 36.9 Å². The summed E-state index contributed by atoms with van der Waals surface area (Å²) >= 11 is 6.26. The predicted molar refractivity (Wildman–Crippen MR) is 86.9 cm³/mol. The Balaban J connectivity index is 1.52. The summed E-state index contributed by atoms with van der Waals surface area (Å²) in [6.07, 6.45) is 11.5. The molecule has 0 radical (unpaired) electrons. The fraction of sp³-hybridized carbons (Fsp3) is 0.556. The number of aromatic nitrogens is 1. The minimum Gasteiger partial charge on any atom is -0.370 e. The normalized spacial score (nSPS) is 24.9. The van der Waals surface area contributed by atoms with Gasteiger partial charge in [-0.3, -0.25) is 0 Å². The van der Waals surface area contributed by atoms with E-state index in [4.69, 9.17) is 16.3 Å². The van der Waals surface area contributed by atoms with Gasteiger partial charge in [0.1, 0.15) is 0 Å². The van der Waals surface area contributed by atoms with E-state index in [0.717, 1.165) is 17.0 Å². The van der Waals surface area contributed by atoms with Gasteiger partial charge >= 0.3 is 0 Å². The molecule has 3 heteroatoms. The first-order chi connectivity index (χ1) is 10.3. The van der Waals surface area contributed by atoms with Crippen LogP contribution in [0, 0.1) is 0 Å². The van der Waals surface area contributed by atoms with Crippen LogP contribution in [-0.2, 0) is 11.3 Å². The molecule has 2 aromatic rings. The summed E-state index contributed by atoms with van der Waals surface area (Å²) in [4.78, 5) is 0. The maximum Gasteiger partial charge on any atom is 0.0762 e. The molecule has 1 aliphatic heterocycles. The molecule has 2 fully saturated rings. The van der Waals surface area contributed by atoms with Crippen molar-refractivity contribution in [3.63, 3.8) is 0 Å². The highest BCUT2D eigenvalue weighted by Gasteiger charge is 2.40. The van der Waals surface area contributed by atoms with Gasteiger partial charge in [0.05, 0.1) is 11.7 Å². The van der Waals surface area contributed by atoms with Gasteiger partial charge in [0, 0.05) is 28.7 Å². The van der Waals surface area contributed by atoms with Gasteiger partial charge in [0.25, 0.3) is 0 Å². The number of rotatable bonds is 2. The van der Waals surface area contributed by atoms with Gasteiger partial charge < -0.3 is 9.30 Å². The maximum absolute atomic E-state index is 6.49. The Morgan fingerprint density at radius 1 is 1.14 bits per heavy atom. The molecule has 1 aromatic heterocycles. The van der Waals surface area contributed by atoms with Crippen LogP contribution in [0.1, 0.15) is 44.9 Å².